The smallest absolute Gasteiger partial charge is 0.323 e. The zero-order valence-electron chi connectivity index (χ0n) is 12.6. The molecular weight excluding hydrogens is 240 g/mol. The number of carboxylic acids is 1. The number of likely N-dealkylation sites (tertiary alicyclic amines) is 1. The molecule has 0 spiro atoms. The summed E-state index contributed by atoms with van der Waals surface area (Å²) >= 11 is 0. The normalized spacial score (nSPS) is 21.4. The third kappa shape index (κ3) is 5.11. The van der Waals surface area contributed by atoms with Gasteiger partial charge in [-0.25, -0.2) is 0 Å². The molecule has 0 radical (unpaired) electrons. The van der Waals surface area contributed by atoms with E-state index in [1.807, 2.05) is 6.92 Å². The van der Waals surface area contributed by atoms with E-state index in [4.69, 9.17) is 0 Å². The molecule has 1 aliphatic heterocycles. The summed E-state index contributed by atoms with van der Waals surface area (Å²) in [5, 5.41) is 12.4. The minimum absolute atomic E-state index is 0.638. The first kappa shape index (κ1) is 16.4. The van der Waals surface area contributed by atoms with Gasteiger partial charge in [0.2, 0.25) is 0 Å². The maximum absolute atomic E-state index is 11.4. The highest BCUT2D eigenvalue weighted by atomic mass is 16.4. The van der Waals surface area contributed by atoms with Crippen LogP contribution in [-0.2, 0) is 4.79 Å². The highest BCUT2D eigenvalue weighted by Crippen LogP contribution is 2.18. The first-order valence-electron chi connectivity index (χ1n) is 7.79. The highest BCUT2D eigenvalue weighted by molar-refractivity contribution is 5.78. The largest absolute Gasteiger partial charge is 0.480 e. The minimum atomic E-state index is -0.733. The monoisotopic (exact) mass is 270 g/mol. The first-order chi connectivity index (χ1) is 9.14. The molecule has 112 valence electrons. The molecule has 4 nitrogen and oxygen atoms in total. The van der Waals surface area contributed by atoms with Crippen molar-refractivity contribution in [1.29, 1.82) is 0 Å². The van der Waals surface area contributed by atoms with E-state index in [9.17, 15) is 9.90 Å². The third-order valence-electron chi connectivity index (χ3n) is 4.52. The lowest BCUT2D eigenvalue weighted by molar-refractivity contribution is -0.145. The second-order valence-corrected chi connectivity index (χ2v) is 5.70. The number of carboxylic acid groups (broad SMARTS) is 1. The molecule has 0 aliphatic carbocycles. The summed E-state index contributed by atoms with van der Waals surface area (Å²) in [5.41, 5.74) is -0.733. The number of hydrogen-bond donors (Lipinski definition) is 2. The SMILES string of the molecule is CCC(CCCN1CCCCCCC1)(NC)C(=O)O. The quantitative estimate of drug-likeness (QED) is 0.746. The van der Waals surface area contributed by atoms with E-state index in [0.717, 1.165) is 13.0 Å². The van der Waals surface area contributed by atoms with Crippen LogP contribution in [-0.4, -0.2) is 48.2 Å². The Morgan fingerprint density at radius 1 is 1.21 bits per heavy atom. The molecule has 1 aliphatic rings. The van der Waals surface area contributed by atoms with Crippen molar-refractivity contribution in [2.24, 2.45) is 0 Å². The number of rotatable bonds is 7. The van der Waals surface area contributed by atoms with Crippen LogP contribution in [0.2, 0.25) is 0 Å². The van der Waals surface area contributed by atoms with E-state index < -0.39 is 11.5 Å². The Morgan fingerprint density at radius 2 is 1.79 bits per heavy atom. The maximum atomic E-state index is 11.4. The van der Waals surface area contributed by atoms with Gasteiger partial charge in [-0.05, 0) is 58.8 Å². The van der Waals surface area contributed by atoms with Crippen LogP contribution in [0.25, 0.3) is 0 Å². The Balaban J connectivity index is 2.36. The van der Waals surface area contributed by atoms with Gasteiger partial charge in [0.15, 0.2) is 0 Å². The number of aliphatic carboxylic acids is 1. The number of nitrogens with zero attached hydrogens (tertiary/aromatic N) is 1. The maximum Gasteiger partial charge on any atom is 0.323 e. The molecule has 4 heteroatoms. The fraction of sp³-hybridized carbons (Fsp3) is 0.933. The molecule has 1 atom stereocenters. The Labute approximate surface area is 117 Å². The lowest BCUT2D eigenvalue weighted by Gasteiger charge is -2.30. The van der Waals surface area contributed by atoms with Crippen molar-refractivity contribution < 1.29 is 9.90 Å². The summed E-state index contributed by atoms with van der Waals surface area (Å²) in [5.74, 6) is -0.717. The van der Waals surface area contributed by atoms with Crippen molar-refractivity contribution in [1.82, 2.24) is 10.2 Å². The van der Waals surface area contributed by atoms with Crippen LogP contribution in [0, 0.1) is 0 Å². The second kappa shape index (κ2) is 8.54. The molecule has 0 aromatic rings. The van der Waals surface area contributed by atoms with E-state index in [-0.39, 0.29) is 0 Å². The fourth-order valence-corrected chi connectivity index (χ4v) is 2.98. The van der Waals surface area contributed by atoms with Gasteiger partial charge < -0.3 is 15.3 Å². The molecule has 0 bridgehead atoms. The van der Waals surface area contributed by atoms with E-state index in [1.54, 1.807) is 7.05 Å². The van der Waals surface area contributed by atoms with Crippen molar-refractivity contribution in [2.45, 2.75) is 63.8 Å². The molecule has 1 unspecified atom stereocenters. The van der Waals surface area contributed by atoms with Gasteiger partial charge in [-0.1, -0.05) is 26.2 Å². The molecule has 1 rings (SSSR count). The van der Waals surface area contributed by atoms with E-state index in [0.29, 0.717) is 12.8 Å². The zero-order valence-corrected chi connectivity index (χ0v) is 12.6. The molecule has 1 saturated heterocycles. The van der Waals surface area contributed by atoms with E-state index in [2.05, 4.69) is 10.2 Å². The summed E-state index contributed by atoms with van der Waals surface area (Å²) in [6.45, 7) is 5.36. The van der Waals surface area contributed by atoms with Crippen molar-refractivity contribution in [3.63, 3.8) is 0 Å². The number of carbonyl (C=O) groups is 1. The highest BCUT2D eigenvalue weighted by Gasteiger charge is 2.34. The van der Waals surface area contributed by atoms with Gasteiger partial charge in [-0.2, -0.15) is 0 Å². The van der Waals surface area contributed by atoms with Crippen molar-refractivity contribution in [3.05, 3.63) is 0 Å². The van der Waals surface area contributed by atoms with Gasteiger partial charge in [0.1, 0.15) is 5.54 Å². The van der Waals surface area contributed by atoms with Gasteiger partial charge in [0.05, 0.1) is 0 Å². The number of likely N-dealkylation sites (N-methyl/N-ethyl adjacent to an activating group) is 1. The molecule has 1 fully saturated rings. The van der Waals surface area contributed by atoms with Gasteiger partial charge in [-0.15, -0.1) is 0 Å². The van der Waals surface area contributed by atoms with Crippen LogP contribution in [0.1, 0.15) is 58.3 Å². The van der Waals surface area contributed by atoms with Gasteiger partial charge in [0.25, 0.3) is 0 Å². The van der Waals surface area contributed by atoms with E-state index >= 15 is 0 Å². The van der Waals surface area contributed by atoms with Crippen LogP contribution < -0.4 is 5.32 Å². The van der Waals surface area contributed by atoms with Gasteiger partial charge >= 0.3 is 5.97 Å². The molecule has 1 heterocycles. The fourth-order valence-electron chi connectivity index (χ4n) is 2.98. The predicted molar refractivity (Wildman–Crippen MR) is 78.5 cm³/mol. The molecule has 2 N–H and O–H groups in total. The first-order valence-corrected chi connectivity index (χ1v) is 7.79. The average Bonchev–Trinajstić information content (AvgIpc) is 2.36. The molecule has 0 amide bonds. The Kier molecular flexibility index (Phi) is 7.39. The van der Waals surface area contributed by atoms with Crippen LogP contribution in [0.4, 0.5) is 0 Å². The second-order valence-electron chi connectivity index (χ2n) is 5.70. The third-order valence-corrected chi connectivity index (χ3v) is 4.52. The number of hydrogen-bond acceptors (Lipinski definition) is 3. The van der Waals surface area contributed by atoms with Gasteiger partial charge in [0, 0.05) is 0 Å². The summed E-state index contributed by atoms with van der Waals surface area (Å²) in [4.78, 5) is 13.9. The zero-order chi connectivity index (χ0) is 14.1. The Bertz CT molecular complexity index is 257. The van der Waals surface area contributed by atoms with Crippen LogP contribution in [0.5, 0.6) is 0 Å². The van der Waals surface area contributed by atoms with Crippen LogP contribution >= 0.6 is 0 Å². The predicted octanol–water partition coefficient (Wildman–Crippen LogP) is 2.49. The summed E-state index contributed by atoms with van der Waals surface area (Å²) in [6, 6.07) is 0. The van der Waals surface area contributed by atoms with Crippen molar-refractivity contribution >= 4 is 5.97 Å². The molecule has 0 saturated carbocycles. The lowest BCUT2D eigenvalue weighted by Crippen LogP contribution is -2.50. The summed E-state index contributed by atoms with van der Waals surface area (Å²) in [7, 11) is 1.76. The topological polar surface area (TPSA) is 52.6 Å². The van der Waals surface area contributed by atoms with Crippen molar-refractivity contribution in [3.8, 4) is 0 Å². The van der Waals surface area contributed by atoms with Crippen LogP contribution in [0.3, 0.4) is 0 Å². The van der Waals surface area contributed by atoms with Gasteiger partial charge in [-0.3, -0.25) is 4.79 Å². The molecule has 0 aromatic heterocycles. The molecular formula is C15H30N2O2. The minimum Gasteiger partial charge on any atom is -0.480 e. The van der Waals surface area contributed by atoms with Crippen LogP contribution in [0.15, 0.2) is 0 Å². The molecule has 19 heavy (non-hydrogen) atoms. The average molecular weight is 270 g/mol. The number of nitrogens with one attached hydrogen (secondary N) is 1. The Morgan fingerprint density at radius 3 is 2.26 bits per heavy atom. The molecule has 0 aromatic carbocycles. The lowest BCUT2D eigenvalue weighted by atomic mass is 9.90. The van der Waals surface area contributed by atoms with Crippen molar-refractivity contribution in [2.75, 3.05) is 26.7 Å². The Hall–Kier alpha value is -0.610. The van der Waals surface area contributed by atoms with E-state index in [1.165, 1.54) is 45.2 Å². The standard InChI is InChI=1S/C15H30N2O2/c1-3-15(16-2,14(18)19)10-9-13-17-11-7-5-4-6-8-12-17/h16H,3-13H2,1-2H3,(H,18,19). The summed E-state index contributed by atoms with van der Waals surface area (Å²) < 4.78 is 0. The summed E-state index contributed by atoms with van der Waals surface area (Å²) in [6.07, 6.45) is 8.98.